The molecule has 4 nitrogen and oxygen atoms in total. The van der Waals surface area contributed by atoms with Crippen molar-refractivity contribution in [2.45, 2.75) is 51.6 Å². The van der Waals surface area contributed by atoms with E-state index in [1.807, 2.05) is 0 Å². The van der Waals surface area contributed by atoms with Gasteiger partial charge in [-0.05, 0) is 78.7 Å². The van der Waals surface area contributed by atoms with Gasteiger partial charge in [0, 0.05) is 19.0 Å². The fourth-order valence-electron chi connectivity index (χ4n) is 4.64. The fourth-order valence-corrected chi connectivity index (χ4v) is 4.64. The summed E-state index contributed by atoms with van der Waals surface area (Å²) in [6, 6.07) is 7.12. The van der Waals surface area contributed by atoms with Gasteiger partial charge in [-0.3, -0.25) is 4.90 Å². The SMILES string of the molecule is COc1cc2cc(CCC(C)=O)c3c(c2cc1OC)C[C@@H]1CCCN1C3. The van der Waals surface area contributed by atoms with Crippen molar-refractivity contribution in [1.29, 1.82) is 0 Å². The second-order valence-electron chi connectivity index (χ2n) is 7.59. The maximum Gasteiger partial charge on any atom is 0.161 e. The third-order valence-electron chi connectivity index (χ3n) is 6.01. The first-order valence-electron chi connectivity index (χ1n) is 9.53. The number of Topliss-reactive ketones (excluding diaryl/α,β-unsaturated/α-hetero) is 1. The van der Waals surface area contributed by atoms with Crippen LogP contribution in [0.5, 0.6) is 11.5 Å². The maximum atomic E-state index is 11.6. The standard InChI is InChI=1S/C22H27NO3/c1-14(24)6-7-15-9-16-10-21(25-2)22(26-3)12-18(16)19-11-17-5-4-8-23(17)13-20(15)19/h9-10,12,17H,4-8,11,13H2,1-3H3/t17-/m0/s1. The second kappa shape index (κ2) is 6.92. The number of benzene rings is 2. The van der Waals surface area contributed by atoms with Crippen molar-refractivity contribution in [3.8, 4) is 11.5 Å². The minimum atomic E-state index is 0.251. The Bertz CT molecular complexity index is 858. The summed E-state index contributed by atoms with van der Waals surface area (Å²) in [7, 11) is 3.37. The van der Waals surface area contributed by atoms with Crippen LogP contribution in [0, 0.1) is 0 Å². The van der Waals surface area contributed by atoms with Crippen molar-refractivity contribution in [1.82, 2.24) is 4.90 Å². The summed E-state index contributed by atoms with van der Waals surface area (Å²) in [6.45, 7) is 3.88. The Morgan fingerprint density at radius 1 is 1.15 bits per heavy atom. The van der Waals surface area contributed by atoms with Crippen LogP contribution in [0.2, 0.25) is 0 Å². The number of methoxy groups -OCH3 is 2. The van der Waals surface area contributed by atoms with E-state index in [0.29, 0.717) is 12.5 Å². The number of ether oxygens (including phenoxy) is 2. The molecule has 1 atom stereocenters. The highest BCUT2D eigenvalue weighted by Crippen LogP contribution is 2.40. The summed E-state index contributed by atoms with van der Waals surface area (Å²) in [5, 5.41) is 2.46. The molecule has 2 heterocycles. The highest BCUT2D eigenvalue weighted by Gasteiger charge is 2.32. The quantitative estimate of drug-likeness (QED) is 0.817. The topological polar surface area (TPSA) is 38.8 Å². The van der Waals surface area contributed by atoms with Crippen LogP contribution in [0.15, 0.2) is 18.2 Å². The molecular formula is C22H27NO3. The van der Waals surface area contributed by atoms with Gasteiger partial charge in [0.2, 0.25) is 0 Å². The summed E-state index contributed by atoms with van der Waals surface area (Å²) in [6.07, 6.45) is 5.09. The van der Waals surface area contributed by atoms with Crippen LogP contribution < -0.4 is 9.47 Å². The molecule has 4 rings (SSSR count). The molecular weight excluding hydrogens is 326 g/mol. The van der Waals surface area contributed by atoms with Gasteiger partial charge < -0.3 is 14.3 Å². The molecule has 4 heteroatoms. The van der Waals surface area contributed by atoms with Crippen LogP contribution in [0.1, 0.15) is 42.9 Å². The molecule has 0 aliphatic carbocycles. The summed E-state index contributed by atoms with van der Waals surface area (Å²) < 4.78 is 11.1. The summed E-state index contributed by atoms with van der Waals surface area (Å²) in [5.74, 6) is 1.80. The van der Waals surface area contributed by atoms with Gasteiger partial charge in [-0.15, -0.1) is 0 Å². The summed E-state index contributed by atoms with van der Waals surface area (Å²) in [5.41, 5.74) is 4.20. The van der Waals surface area contributed by atoms with E-state index in [1.165, 1.54) is 46.8 Å². The van der Waals surface area contributed by atoms with Crippen molar-refractivity contribution in [2.24, 2.45) is 0 Å². The number of fused-ring (bicyclic) bond motifs is 4. The van der Waals surface area contributed by atoms with Gasteiger partial charge in [0.15, 0.2) is 11.5 Å². The monoisotopic (exact) mass is 353 g/mol. The van der Waals surface area contributed by atoms with Gasteiger partial charge in [-0.2, -0.15) is 0 Å². The lowest BCUT2D eigenvalue weighted by Gasteiger charge is -2.34. The third kappa shape index (κ3) is 2.96. The molecule has 0 radical (unpaired) electrons. The molecule has 26 heavy (non-hydrogen) atoms. The van der Waals surface area contributed by atoms with Gasteiger partial charge in [-0.25, -0.2) is 0 Å². The number of hydrogen-bond donors (Lipinski definition) is 0. The molecule has 0 amide bonds. The lowest BCUT2D eigenvalue weighted by atomic mass is 9.85. The number of carbonyl (C=O) groups is 1. The Labute approximate surface area is 155 Å². The predicted molar refractivity (Wildman–Crippen MR) is 103 cm³/mol. The average molecular weight is 353 g/mol. The van der Waals surface area contributed by atoms with E-state index in [9.17, 15) is 4.79 Å². The molecule has 2 aromatic carbocycles. The lowest BCUT2D eigenvalue weighted by molar-refractivity contribution is -0.116. The minimum Gasteiger partial charge on any atom is -0.493 e. The molecule has 2 aliphatic heterocycles. The van der Waals surface area contributed by atoms with Crippen LogP contribution >= 0.6 is 0 Å². The lowest BCUT2D eigenvalue weighted by Crippen LogP contribution is -2.36. The molecule has 0 N–H and O–H groups in total. The molecule has 0 unspecified atom stereocenters. The minimum absolute atomic E-state index is 0.251. The fraction of sp³-hybridized carbons (Fsp3) is 0.500. The van der Waals surface area contributed by atoms with Crippen molar-refractivity contribution < 1.29 is 14.3 Å². The Hall–Kier alpha value is -2.07. The normalized spacial score (nSPS) is 19.3. The summed E-state index contributed by atoms with van der Waals surface area (Å²) >= 11 is 0. The van der Waals surface area contributed by atoms with Crippen molar-refractivity contribution in [3.63, 3.8) is 0 Å². The first kappa shape index (κ1) is 17.3. The highest BCUT2D eigenvalue weighted by molar-refractivity contribution is 5.91. The molecule has 2 aromatic rings. The van der Waals surface area contributed by atoms with Crippen molar-refractivity contribution >= 4 is 16.6 Å². The molecule has 2 aliphatic rings. The van der Waals surface area contributed by atoms with Crippen LogP contribution in [0.25, 0.3) is 10.8 Å². The van der Waals surface area contributed by atoms with Gasteiger partial charge >= 0.3 is 0 Å². The van der Waals surface area contributed by atoms with Gasteiger partial charge in [-0.1, -0.05) is 6.07 Å². The average Bonchev–Trinajstić information content (AvgIpc) is 3.10. The zero-order valence-corrected chi connectivity index (χ0v) is 15.9. The predicted octanol–water partition coefficient (Wildman–Crippen LogP) is 3.90. The van der Waals surface area contributed by atoms with Crippen LogP contribution in [0.3, 0.4) is 0 Å². The van der Waals surface area contributed by atoms with Crippen LogP contribution in [-0.4, -0.2) is 37.5 Å². The first-order valence-corrected chi connectivity index (χ1v) is 9.53. The van der Waals surface area contributed by atoms with Gasteiger partial charge in [0.05, 0.1) is 14.2 Å². The van der Waals surface area contributed by atoms with E-state index in [-0.39, 0.29) is 5.78 Å². The molecule has 0 aromatic heterocycles. The molecule has 138 valence electrons. The van der Waals surface area contributed by atoms with E-state index in [2.05, 4.69) is 23.1 Å². The molecule has 0 bridgehead atoms. The van der Waals surface area contributed by atoms with E-state index < -0.39 is 0 Å². The number of nitrogens with zero attached hydrogens (tertiary/aromatic N) is 1. The Kier molecular flexibility index (Phi) is 4.62. The maximum absolute atomic E-state index is 11.6. The number of carbonyl (C=O) groups excluding carboxylic acids is 1. The Morgan fingerprint density at radius 3 is 2.65 bits per heavy atom. The molecule has 0 saturated carbocycles. The van der Waals surface area contributed by atoms with E-state index in [4.69, 9.17) is 9.47 Å². The van der Waals surface area contributed by atoms with Crippen molar-refractivity contribution in [2.75, 3.05) is 20.8 Å². The molecule has 0 spiro atoms. The largest absolute Gasteiger partial charge is 0.493 e. The third-order valence-corrected chi connectivity index (χ3v) is 6.01. The van der Waals surface area contributed by atoms with Crippen LogP contribution in [0.4, 0.5) is 0 Å². The van der Waals surface area contributed by atoms with Gasteiger partial charge in [0.1, 0.15) is 5.78 Å². The Balaban J connectivity index is 1.89. The molecule has 1 saturated heterocycles. The van der Waals surface area contributed by atoms with E-state index >= 15 is 0 Å². The number of rotatable bonds is 5. The van der Waals surface area contributed by atoms with Crippen molar-refractivity contribution in [3.05, 3.63) is 34.9 Å². The zero-order chi connectivity index (χ0) is 18.3. The first-order chi connectivity index (χ1) is 12.6. The number of aryl methyl sites for hydroxylation is 1. The zero-order valence-electron chi connectivity index (χ0n) is 15.9. The highest BCUT2D eigenvalue weighted by atomic mass is 16.5. The van der Waals surface area contributed by atoms with Crippen LogP contribution in [-0.2, 0) is 24.2 Å². The Morgan fingerprint density at radius 2 is 1.92 bits per heavy atom. The van der Waals surface area contributed by atoms with Gasteiger partial charge in [0.25, 0.3) is 0 Å². The summed E-state index contributed by atoms with van der Waals surface area (Å²) in [4.78, 5) is 14.2. The number of ketones is 1. The molecule has 1 fully saturated rings. The number of hydrogen-bond acceptors (Lipinski definition) is 4. The van der Waals surface area contributed by atoms with E-state index in [0.717, 1.165) is 30.9 Å². The van der Waals surface area contributed by atoms with E-state index in [1.54, 1.807) is 21.1 Å². The second-order valence-corrected chi connectivity index (χ2v) is 7.59. The smallest absolute Gasteiger partial charge is 0.161 e.